The van der Waals surface area contributed by atoms with Crippen LogP contribution in [0.1, 0.15) is 29.9 Å². The van der Waals surface area contributed by atoms with Gasteiger partial charge in [-0.05, 0) is 36.8 Å². The number of para-hydroxylation sites is 2. The molecule has 130 valence electrons. The van der Waals surface area contributed by atoms with Crippen molar-refractivity contribution in [3.8, 4) is 0 Å². The number of nitrogens with one attached hydrogen (secondary N) is 2. The smallest absolute Gasteiger partial charge is 0.346 e. The summed E-state index contributed by atoms with van der Waals surface area (Å²) in [4.78, 5) is 19.7. The lowest BCUT2D eigenvalue weighted by molar-refractivity contribution is -0.137. The molecule has 1 amide bonds. The molecule has 0 unspecified atom stereocenters. The molecule has 7 heteroatoms. The Labute approximate surface area is 142 Å². The fraction of sp³-hybridized carbons (Fsp3) is 0.222. The van der Waals surface area contributed by atoms with E-state index in [1.807, 2.05) is 24.3 Å². The third kappa shape index (κ3) is 3.99. The highest BCUT2D eigenvalue weighted by Crippen LogP contribution is 2.29. The Hall–Kier alpha value is -2.83. The Morgan fingerprint density at radius 1 is 1.16 bits per heavy atom. The van der Waals surface area contributed by atoms with Gasteiger partial charge >= 0.3 is 6.18 Å². The molecule has 3 aromatic rings. The second-order valence-electron chi connectivity index (χ2n) is 5.80. The van der Waals surface area contributed by atoms with Crippen molar-refractivity contribution in [2.75, 3.05) is 0 Å². The minimum atomic E-state index is -4.38. The molecule has 0 saturated heterocycles. The largest absolute Gasteiger partial charge is 0.416 e. The Morgan fingerprint density at radius 2 is 1.84 bits per heavy atom. The third-order valence-electron chi connectivity index (χ3n) is 3.84. The van der Waals surface area contributed by atoms with Gasteiger partial charge in [-0.1, -0.05) is 24.3 Å². The first kappa shape index (κ1) is 17.0. The van der Waals surface area contributed by atoms with Gasteiger partial charge in [-0.15, -0.1) is 0 Å². The molecule has 0 aliphatic carbocycles. The average Bonchev–Trinajstić information content (AvgIpc) is 2.98. The van der Waals surface area contributed by atoms with Crippen molar-refractivity contribution in [3.63, 3.8) is 0 Å². The molecule has 2 aromatic carbocycles. The standard InChI is InChI=1S/C18H16F3N3O/c1-11(17-23-14-4-2-3-5-15(14)24-17)22-16(25)10-12-6-8-13(9-7-12)18(19,20)21/h2-9,11H,10H2,1H3,(H,22,25)(H,23,24)/t11-/m0/s1. The number of benzene rings is 2. The topological polar surface area (TPSA) is 57.8 Å². The number of carbonyl (C=O) groups is 1. The van der Waals surface area contributed by atoms with Gasteiger partial charge in [-0.25, -0.2) is 4.98 Å². The summed E-state index contributed by atoms with van der Waals surface area (Å²) >= 11 is 0. The highest BCUT2D eigenvalue weighted by atomic mass is 19.4. The summed E-state index contributed by atoms with van der Waals surface area (Å²) in [6.45, 7) is 1.79. The molecule has 4 nitrogen and oxygen atoms in total. The van der Waals surface area contributed by atoms with E-state index in [1.54, 1.807) is 6.92 Å². The first-order chi connectivity index (χ1) is 11.8. The Bertz CT molecular complexity index is 851. The van der Waals surface area contributed by atoms with E-state index in [4.69, 9.17) is 0 Å². The Morgan fingerprint density at radius 3 is 2.48 bits per heavy atom. The highest BCUT2D eigenvalue weighted by molar-refractivity contribution is 5.79. The van der Waals surface area contributed by atoms with E-state index in [-0.39, 0.29) is 18.4 Å². The van der Waals surface area contributed by atoms with Crippen LogP contribution in [0.3, 0.4) is 0 Å². The fourth-order valence-corrected chi connectivity index (χ4v) is 2.54. The zero-order valence-corrected chi connectivity index (χ0v) is 13.4. The molecule has 0 bridgehead atoms. The van der Waals surface area contributed by atoms with Crippen LogP contribution in [0.4, 0.5) is 13.2 Å². The Kier molecular flexibility index (Phi) is 4.48. The van der Waals surface area contributed by atoms with Gasteiger partial charge in [-0.3, -0.25) is 4.79 Å². The molecular formula is C18H16F3N3O. The van der Waals surface area contributed by atoms with Crippen LogP contribution in [0.5, 0.6) is 0 Å². The summed E-state index contributed by atoms with van der Waals surface area (Å²) < 4.78 is 37.6. The summed E-state index contributed by atoms with van der Waals surface area (Å²) in [6, 6.07) is 11.8. The number of fused-ring (bicyclic) bond motifs is 1. The van der Waals surface area contributed by atoms with Crippen molar-refractivity contribution in [3.05, 3.63) is 65.5 Å². The predicted octanol–water partition coefficient (Wildman–Crippen LogP) is 4.00. The summed E-state index contributed by atoms with van der Waals surface area (Å²) in [7, 11) is 0. The summed E-state index contributed by atoms with van der Waals surface area (Å²) in [5.74, 6) is 0.342. The lowest BCUT2D eigenvalue weighted by atomic mass is 10.1. The van der Waals surface area contributed by atoms with E-state index in [0.29, 0.717) is 11.4 Å². The van der Waals surface area contributed by atoms with Gasteiger partial charge in [0.25, 0.3) is 0 Å². The van der Waals surface area contributed by atoms with Crippen LogP contribution < -0.4 is 5.32 Å². The van der Waals surface area contributed by atoms with E-state index in [9.17, 15) is 18.0 Å². The van der Waals surface area contributed by atoms with Gasteiger partial charge in [0.1, 0.15) is 5.82 Å². The number of amides is 1. The number of imidazole rings is 1. The van der Waals surface area contributed by atoms with Crippen LogP contribution in [0.2, 0.25) is 0 Å². The third-order valence-corrected chi connectivity index (χ3v) is 3.84. The monoisotopic (exact) mass is 347 g/mol. The molecule has 0 aliphatic rings. The van der Waals surface area contributed by atoms with Crippen LogP contribution in [0.25, 0.3) is 11.0 Å². The number of nitrogens with zero attached hydrogens (tertiary/aromatic N) is 1. The van der Waals surface area contributed by atoms with E-state index in [1.165, 1.54) is 12.1 Å². The van der Waals surface area contributed by atoms with Crippen LogP contribution in [-0.4, -0.2) is 15.9 Å². The molecule has 3 rings (SSSR count). The minimum absolute atomic E-state index is 0.00268. The average molecular weight is 347 g/mol. The number of aromatic nitrogens is 2. The maximum absolute atomic E-state index is 12.5. The van der Waals surface area contributed by atoms with Gasteiger partial charge in [0.2, 0.25) is 5.91 Å². The van der Waals surface area contributed by atoms with Crippen LogP contribution in [-0.2, 0) is 17.4 Å². The minimum Gasteiger partial charge on any atom is -0.346 e. The summed E-state index contributed by atoms with van der Waals surface area (Å²) in [5, 5.41) is 2.80. The van der Waals surface area contributed by atoms with E-state index >= 15 is 0 Å². The number of halogens is 3. The van der Waals surface area contributed by atoms with Crippen LogP contribution in [0, 0.1) is 0 Å². The summed E-state index contributed by atoms with van der Waals surface area (Å²) in [6.07, 6.45) is -4.38. The number of rotatable bonds is 4. The lowest BCUT2D eigenvalue weighted by Crippen LogP contribution is -2.28. The number of carbonyl (C=O) groups excluding carboxylic acids is 1. The van der Waals surface area contributed by atoms with Crippen molar-refractivity contribution >= 4 is 16.9 Å². The summed E-state index contributed by atoms with van der Waals surface area (Å²) in [5.41, 5.74) is 1.47. The molecular weight excluding hydrogens is 331 g/mol. The van der Waals surface area contributed by atoms with Crippen LogP contribution >= 0.6 is 0 Å². The number of hydrogen-bond acceptors (Lipinski definition) is 2. The molecule has 0 saturated carbocycles. The Balaban J connectivity index is 1.63. The molecule has 1 heterocycles. The zero-order valence-electron chi connectivity index (χ0n) is 13.4. The number of alkyl halides is 3. The number of aromatic amines is 1. The second-order valence-corrected chi connectivity index (χ2v) is 5.80. The second kappa shape index (κ2) is 6.58. The first-order valence-electron chi connectivity index (χ1n) is 7.73. The molecule has 0 spiro atoms. The maximum atomic E-state index is 12.5. The van der Waals surface area contributed by atoms with E-state index < -0.39 is 11.7 Å². The van der Waals surface area contributed by atoms with Gasteiger partial charge in [0, 0.05) is 0 Å². The van der Waals surface area contributed by atoms with Gasteiger partial charge in [-0.2, -0.15) is 13.2 Å². The normalized spacial score (nSPS) is 13.0. The molecule has 1 aromatic heterocycles. The highest BCUT2D eigenvalue weighted by Gasteiger charge is 2.30. The van der Waals surface area contributed by atoms with Crippen molar-refractivity contribution in [1.82, 2.24) is 15.3 Å². The van der Waals surface area contributed by atoms with Gasteiger partial charge in [0.15, 0.2) is 0 Å². The molecule has 2 N–H and O–H groups in total. The lowest BCUT2D eigenvalue weighted by Gasteiger charge is -2.12. The molecule has 0 radical (unpaired) electrons. The number of hydrogen-bond donors (Lipinski definition) is 2. The van der Waals surface area contributed by atoms with E-state index in [2.05, 4.69) is 15.3 Å². The molecule has 0 fully saturated rings. The molecule has 25 heavy (non-hydrogen) atoms. The SMILES string of the molecule is C[C@H](NC(=O)Cc1ccc(C(F)(F)F)cc1)c1nc2ccccc2[nH]1. The molecule has 0 aliphatic heterocycles. The van der Waals surface area contributed by atoms with Gasteiger partial charge < -0.3 is 10.3 Å². The van der Waals surface area contributed by atoms with Gasteiger partial charge in [0.05, 0.1) is 29.1 Å². The molecule has 1 atom stereocenters. The van der Waals surface area contributed by atoms with Crippen LogP contribution in [0.15, 0.2) is 48.5 Å². The zero-order chi connectivity index (χ0) is 18.0. The number of H-pyrrole nitrogens is 1. The predicted molar refractivity (Wildman–Crippen MR) is 87.8 cm³/mol. The van der Waals surface area contributed by atoms with Crippen molar-refractivity contribution in [2.45, 2.75) is 25.6 Å². The quantitative estimate of drug-likeness (QED) is 0.749. The maximum Gasteiger partial charge on any atom is 0.416 e. The van der Waals surface area contributed by atoms with Crippen molar-refractivity contribution in [2.24, 2.45) is 0 Å². The first-order valence-corrected chi connectivity index (χ1v) is 7.73. The van der Waals surface area contributed by atoms with Crippen molar-refractivity contribution in [1.29, 1.82) is 0 Å². The van der Waals surface area contributed by atoms with E-state index in [0.717, 1.165) is 23.2 Å². The van der Waals surface area contributed by atoms with Crippen molar-refractivity contribution < 1.29 is 18.0 Å². The fourth-order valence-electron chi connectivity index (χ4n) is 2.54.